The van der Waals surface area contributed by atoms with Crippen LogP contribution >= 0.6 is 0 Å². The molecule has 0 amide bonds. The Bertz CT molecular complexity index is 795. The Morgan fingerprint density at radius 3 is 2.40 bits per heavy atom. The van der Waals surface area contributed by atoms with Crippen LogP contribution in [0.3, 0.4) is 0 Å². The van der Waals surface area contributed by atoms with Gasteiger partial charge in [-0.3, -0.25) is 0 Å². The second-order valence-electron chi connectivity index (χ2n) is 8.97. The average Bonchev–Trinajstić information content (AvgIpc) is 2.66. The van der Waals surface area contributed by atoms with Crippen LogP contribution in [0.1, 0.15) is 65.0 Å². The minimum atomic E-state index is -3.15. The van der Waals surface area contributed by atoms with E-state index in [1.807, 2.05) is 0 Å². The van der Waals surface area contributed by atoms with Crippen molar-refractivity contribution >= 4 is 21.4 Å². The smallest absolute Gasteiger partial charge is 0.213 e. The molecule has 2 N–H and O–H groups in total. The number of rotatable bonds is 10. The second-order valence-corrected chi connectivity index (χ2v) is 11.3. The highest BCUT2D eigenvalue weighted by Gasteiger charge is 2.30. The molecular formula is C23H41N3O3S. The van der Waals surface area contributed by atoms with Gasteiger partial charge in [0.2, 0.25) is 10.0 Å². The van der Waals surface area contributed by atoms with Crippen molar-refractivity contribution in [1.82, 2.24) is 4.72 Å². The Labute approximate surface area is 183 Å². The third kappa shape index (κ3) is 6.59. The van der Waals surface area contributed by atoms with Gasteiger partial charge in [-0.2, -0.15) is 0 Å². The third-order valence-corrected chi connectivity index (χ3v) is 7.86. The van der Waals surface area contributed by atoms with Crippen molar-refractivity contribution in [3.8, 4) is 0 Å². The van der Waals surface area contributed by atoms with Gasteiger partial charge in [0.15, 0.2) is 0 Å². The van der Waals surface area contributed by atoms with Gasteiger partial charge in [-0.05, 0) is 84.6 Å². The number of nitrogens with zero attached hydrogens (tertiary/aromatic N) is 1. The van der Waals surface area contributed by atoms with E-state index in [0.717, 1.165) is 32.4 Å². The first kappa shape index (κ1) is 25.0. The largest absolute Gasteiger partial charge is 0.385 e. The number of anilines is 2. The summed E-state index contributed by atoms with van der Waals surface area (Å²) in [6, 6.07) is 4.89. The SMILES string of the molecule is Cc1cc(N2C[C@H](C)O[C@H](C)C2C)c(C)cc1NCCCCCNS(=O)(=O)C(C)C. The van der Waals surface area contributed by atoms with E-state index in [1.54, 1.807) is 13.8 Å². The number of hydrogen-bond donors (Lipinski definition) is 2. The summed E-state index contributed by atoms with van der Waals surface area (Å²) in [5, 5.41) is 3.18. The van der Waals surface area contributed by atoms with E-state index in [1.165, 1.54) is 22.5 Å². The van der Waals surface area contributed by atoms with Crippen LogP contribution in [0.5, 0.6) is 0 Å². The molecule has 0 bridgehead atoms. The molecule has 0 aliphatic carbocycles. The molecule has 1 aromatic carbocycles. The first-order valence-electron chi connectivity index (χ1n) is 11.3. The van der Waals surface area contributed by atoms with E-state index in [0.29, 0.717) is 12.6 Å². The number of unbranched alkanes of at least 4 members (excludes halogenated alkanes) is 2. The number of ether oxygens (including phenoxy) is 1. The Morgan fingerprint density at radius 2 is 1.73 bits per heavy atom. The molecule has 1 aliphatic rings. The summed E-state index contributed by atoms with van der Waals surface area (Å²) >= 11 is 0. The predicted octanol–water partition coefficient (Wildman–Crippen LogP) is 4.22. The zero-order valence-corrected chi connectivity index (χ0v) is 20.6. The van der Waals surface area contributed by atoms with Crippen molar-refractivity contribution in [2.75, 3.05) is 29.9 Å². The van der Waals surface area contributed by atoms with Gasteiger partial charge in [0.05, 0.1) is 23.5 Å². The van der Waals surface area contributed by atoms with Crippen LogP contribution < -0.4 is 14.9 Å². The summed E-state index contributed by atoms with van der Waals surface area (Å²) in [6.45, 7) is 16.6. The molecular weight excluding hydrogens is 398 g/mol. The second kappa shape index (κ2) is 10.8. The van der Waals surface area contributed by atoms with Gasteiger partial charge in [0.1, 0.15) is 0 Å². The van der Waals surface area contributed by atoms with E-state index in [2.05, 4.69) is 61.7 Å². The molecule has 1 heterocycles. The maximum atomic E-state index is 11.7. The first-order chi connectivity index (χ1) is 14.0. The van der Waals surface area contributed by atoms with Crippen LogP contribution in [0.2, 0.25) is 0 Å². The molecule has 1 unspecified atom stereocenters. The average molecular weight is 440 g/mol. The number of nitrogens with one attached hydrogen (secondary N) is 2. The van der Waals surface area contributed by atoms with Crippen molar-refractivity contribution in [3.05, 3.63) is 23.3 Å². The lowest BCUT2D eigenvalue weighted by Crippen LogP contribution is -2.52. The van der Waals surface area contributed by atoms with Crippen molar-refractivity contribution in [2.45, 2.75) is 91.2 Å². The maximum Gasteiger partial charge on any atom is 0.213 e. The maximum absolute atomic E-state index is 11.7. The zero-order valence-electron chi connectivity index (χ0n) is 19.8. The van der Waals surface area contributed by atoms with Crippen LogP contribution in [-0.4, -0.2) is 51.6 Å². The summed E-state index contributed by atoms with van der Waals surface area (Å²) in [5.41, 5.74) is 5.00. The lowest BCUT2D eigenvalue weighted by atomic mass is 10.0. The van der Waals surface area contributed by atoms with Crippen molar-refractivity contribution in [1.29, 1.82) is 0 Å². The van der Waals surface area contributed by atoms with Gasteiger partial charge >= 0.3 is 0 Å². The lowest BCUT2D eigenvalue weighted by Gasteiger charge is -2.43. The van der Waals surface area contributed by atoms with Gasteiger partial charge in [0, 0.05) is 31.0 Å². The Morgan fingerprint density at radius 1 is 1.07 bits per heavy atom. The molecule has 1 fully saturated rings. The predicted molar refractivity (Wildman–Crippen MR) is 127 cm³/mol. The molecule has 0 saturated carbocycles. The van der Waals surface area contributed by atoms with Crippen LogP contribution in [0.15, 0.2) is 12.1 Å². The van der Waals surface area contributed by atoms with Crippen molar-refractivity contribution < 1.29 is 13.2 Å². The highest BCUT2D eigenvalue weighted by Crippen LogP contribution is 2.32. The van der Waals surface area contributed by atoms with E-state index < -0.39 is 10.0 Å². The van der Waals surface area contributed by atoms with Gasteiger partial charge in [0.25, 0.3) is 0 Å². The quantitative estimate of drug-likeness (QED) is 0.534. The van der Waals surface area contributed by atoms with E-state index in [9.17, 15) is 8.42 Å². The van der Waals surface area contributed by atoms with Gasteiger partial charge < -0.3 is 15.0 Å². The fourth-order valence-electron chi connectivity index (χ4n) is 3.87. The minimum Gasteiger partial charge on any atom is -0.385 e. The summed E-state index contributed by atoms with van der Waals surface area (Å²) in [4.78, 5) is 2.48. The number of morpholine rings is 1. The molecule has 1 aromatic rings. The summed E-state index contributed by atoms with van der Waals surface area (Å²) in [6.07, 6.45) is 3.31. The topological polar surface area (TPSA) is 70.7 Å². The summed E-state index contributed by atoms with van der Waals surface area (Å²) in [5.74, 6) is 0. The first-order valence-corrected chi connectivity index (χ1v) is 12.8. The van der Waals surface area contributed by atoms with E-state index in [-0.39, 0.29) is 17.5 Å². The number of benzene rings is 1. The molecule has 30 heavy (non-hydrogen) atoms. The fourth-order valence-corrected chi connectivity index (χ4v) is 4.63. The van der Waals surface area contributed by atoms with Crippen LogP contribution in [-0.2, 0) is 14.8 Å². The molecule has 2 rings (SSSR count). The van der Waals surface area contributed by atoms with E-state index in [4.69, 9.17) is 4.74 Å². The lowest BCUT2D eigenvalue weighted by molar-refractivity contribution is -0.0258. The van der Waals surface area contributed by atoms with Gasteiger partial charge in [-0.15, -0.1) is 0 Å². The third-order valence-electron chi connectivity index (χ3n) is 6.02. The zero-order chi connectivity index (χ0) is 22.5. The van der Waals surface area contributed by atoms with Gasteiger partial charge in [-0.1, -0.05) is 6.42 Å². The summed E-state index contributed by atoms with van der Waals surface area (Å²) in [7, 11) is -3.15. The fraction of sp³-hybridized carbons (Fsp3) is 0.739. The number of hydrogen-bond acceptors (Lipinski definition) is 5. The van der Waals surface area contributed by atoms with Crippen molar-refractivity contribution in [2.24, 2.45) is 0 Å². The Kier molecular flexibility index (Phi) is 9.00. The highest BCUT2D eigenvalue weighted by molar-refractivity contribution is 7.90. The minimum absolute atomic E-state index is 0.219. The normalized spacial score (nSPS) is 22.5. The summed E-state index contributed by atoms with van der Waals surface area (Å²) < 4.78 is 32.1. The Balaban J connectivity index is 1.85. The standard InChI is InChI=1S/C23H41N3O3S/c1-16(2)30(27,28)25-12-10-8-9-11-24-22-13-18(4)23(14-17(22)3)26-15-19(5)29-21(7)20(26)6/h13-14,16,19-21,24-25H,8-12,15H2,1-7H3/t19-,20?,21+/m0/s1. The molecule has 1 saturated heterocycles. The van der Waals surface area contributed by atoms with E-state index >= 15 is 0 Å². The van der Waals surface area contributed by atoms with Gasteiger partial charge in [-0.25, -0.2) is 13.1 Å². The monoisotopic (exact) mass is 439 g/mol. The highest BCUT2D eigenvalue weighted by atomic mass is 32.2. The molecule has 7 heteroatoms. The molecule has 0 spiro atoms. The van der Waals surface area contributed by atoms with Crippen LogP contribution in [0, 0.1) is 13.8 Å². The number of sulfonamides is 1. The molecule has 6 nitrogen and oxygen atoms in total. The molecule has 0 radical (unpaired) electrons. The molecule has 0 aromatic heterocycles. The Hall–Kier alpha value is -1.31. The van der Waals surface area contributed by atoms with Crippen LogP contribution in [0.4, 0.5) is 11.4 Å². The number of aryl methyl sites for hydroxylation is 2. The molecule has 172 valence electrons. The van der Waals surface area contributed by atoms with Crippen LogP contribution in [0.25, 0.3) is 0 Å². The van der Waals surface area contributed by atoms with Crippen molar-refractivity contribution in [3.63, 3.8) is 0 Å². The molecule has 3 atom stereocenters. The molecule has 1 aliphatic heterocycles.